The van der Waals surface area contributed by atoms with E-state index in [1.165, 1.54) is 0 Å². The minimum Gasteiger partial charge on any atom is -0.497 e. The molecule has 4 heterocycles. The second kappa shape index (κ2) is 11.4. The van der Waals surface area contributed by atoms with Crippen molar-refractivity contribution in [3.05, 3.63) is 52.5 Å². The van der Waals surface area contributed by atoms with Gasteiger partial charge in [0.1, 0.15) is 17.3 Å². The average molecular weight is 513 g/mol. The number of carbonyl (C=O) groups is 3. The molecule has 1 aromatic carbocycles. The molecule has 10 heteroatoms. The van der Waals surface area contributed by atoms with Gasteiger partial charge in [0, 0.05) is 57.4 Å². The number of nitrogens with zero attached hydrogens (tertiary/aromatic N) is 2. The zero-order chi connectivity index (χ0) is 26.6. The summed E-state index contributed by atoms with van der Waals surface area (Å²) < 4.78 is 16.6. The van der Waals surface area contributed by atoms with Crippen LogP contribution in [-0.4, -0.2) is 74.5 Å². The molecule has 10 nitrogen and oxygen atoms in total. The first-order valence-corrected chi connectivity index (χ1v) is 12.8. The molecule has 0 radical (unpaired) electrons. The Labute approximate surface area is 217 Å². The highest BCUT2D eigenvalue weighted by Gasteiger charge is 2.51. The van der Waals surface area contributed by atoms with Gasteiger partial charge in [-0.25, -0.2) is 0 Å². The SMILES string of the molecule is CC.COCCCN1CCc2oc([C@]3(CN4Cc5ccc(OC)cc5C4=O)NC(=O)CNC3=O)cc2C1. The third-order valence-electron chi connectivity index (χ3n) is 6.96. The summed E-state index contributed by atoms with van der Waals surface area (Å²) in [5.41, 5.74) is 0.873. The van der Waals surface area contributed by atoms with Gasteiger partial charge in [0.05, 0.1) is 20.2 Å². The van der Waals surface area contributed by atoms with Crippen molar-refractivity contribution in [2.24, 2.45) is 0 Å². The lowest BCUT2D eigenvalue weighted by atomic mass is 9.91. The van der Waals surface area contributed by atoms with E-state index in [9.17, 15) is 14.4 Å². The lowest BCUT2D eigenvalue weighted by Crippen LogP contribution is -2.67. The molecule has 3 aliphatic rings. The predicted octanol–water partition coefficient (Wildman–Crippen LogP) is 1.81. The molecule has 1 fully saturated rings. The average Bonchev–Trinajstić information content (AvgIpc) is 3.48. The number of piperazine rings is 1. The van der Waals surface area contributed by atoms with Crippen LogP contribution in [0.2, 0.25) is 0 Å². The Bertz CT molecular complexity index is 1160. The molecular formula is C27H36N4O6. The van der Waals surface area contributed by atoms with E-state index in [-0.39, 0.29) is 30.8 Å². The van der Waals surface area contributed by atoms with Crippen LogP contribution in [0.25, 0.3) is 0 Å². The van der Waals surface area contributed by atoms with Crippen molar-refractivity contribution in [1.82, 2.24) is 20.4 Å². The summed E-state index contributed by atoms with van der Waals surface area (Å²) in [6, 6.07) is 7.22. The molecule has 3 aliphatic heterocycles. The van der Waals surface area contributed by atoms with Gasteiger partial charge in [-0.3, -0.25) is 19.3 Å². The lowest BCUT2D eigenvalue weighted by Gasteiger charge is -2.37. The molecule has 0 bridgehead atoms. The largest absolute Gasteiger partial charge is 0.497 e. The molecule has 2 N–H and O–H groups in total. The van der Waals surface area contributed by atoms with E-state index in [1.807, 2.05) is 26.0 Å². The summed E-state index contributed by atoms with van der Waals surface area (Å²) in [7, 11) is 3.24. The maximum atomic E-state index is 13.3. The van der Waals surface area contributed by atoms with Gasteiger partial charge in [-0.15, -0.1) is 0 Å². The smallest absolute Gasteiger partial charge is 0.256 e. The summed E-state index contributed by atoms with van der Waals surface area (Å²) in [6.45, 7) is 7.33. The minimum absolute atomic E-state index is 0.0374. The molecule has 1 atom stereocenters. The van der Waals surface area contributed by atoms with Crippen LogP contribution in [0.4, 0.5) is 0 Å². The number of hydrogen-bond donors (Lipinski definition) is 2. The molecule has 37 heavy (non-hydrogen) atoms. The number of hydrogen-bond acceptors (Lipinski definition) is 7. The second-order valence-electron chi connectivity index (χ2n) is 9.25. The van der Waals surface area contributed by atoms with Gasteiger partial charge in [0.15, 0.2) is 5.54 Å². The number of methoxy groups -OCH3 is 2. The van der Waals surface area contributed by atoms with Crippen molar-refractivity contribution in [2.45, 2.75) is 45.3 Å². The van der Waals surface area contributed by atoms with E-state index in [2.05, 4.69) is 15.5 Å². The zero-order valence-corrected chi connectivity index (χ0v) is 22.0. The van der Waals surface area contributed by atoms with Gasteiger partial charge in [-0.05, 0) is 30.2 Å². The van der Waals surface area contributed by atoms with Crippen molar-refractivity contribution in [1.29, 1.82) is 0 Å². The van der Waals surface area contributed by atoms with Crippen LogP contribution in [0, 0.1) is 0 Å². The number of ether oxygens (including phenoxy) is 2. The molecule has 0 spiro atoms. The van der Waals surface area contributed by atoms with Crippen molar-refractivity contribution in [2.75, 3.05) is 47.0 Å². The zero-order valence-electron chi connectivity index (χ0n) is 22.0. The topological polar surface area (TPSA) is 113 Å². The monoisotopic (exact) mass is 512 g/mol. The highest BCUT2D eigenvalue weighted by atomic mass is 16.5. The number of carbonyl (C=O) groups excluding carboxylic acids is 3. The number of amides is 3. The standard InChI is InChI=1S/C25H30N4O6.C2H6/c1-33-9-3-7-28-8-6-20-17(13-28)10-21(35-20)25(24(32)26-12-22(30)27-25)15-29-14-16-4-5-18(34-2)11-19(16)23(29)31;1-2/h4-5,10-11H,3,6-9,12-15H2,1-2H3,(H,26,32)(H,27,30);1-2H3/t25-;/m0./s1. The Hall–Kier alpha value is -3.37. The molecule has 0 saturated carbocycles. The van der Waals surface area contributed by atoms with E-state index in [0.717, 1.165) is 36.4 Å². The molecule has 0 aliphatic carbocycles. The second-order valence-corrected chi connectivity index (χ2v) is 9.25. The molecule has 2 aromatic rings. The molecular weight excluding hydrogens is 476 g/mol. The maximum absolute atomic E-state index is 13.3. The fraction of sp³-hybridized carbons (Fsp3) is 0.519. The minimum atomic E-state index is -1.50. The van der Waals surface area contributed by atoms with E-state index >= 15 is 0 Å². The normalized spacial score (nSPS) is 21.0. The molecule has 1 aromatic heterocycles. The third-order valence-corrected chi connectivity index (χ3v) is 6.96. The summed E-state index contributed by atoms with van der Waals surface area (Å²) >= 11 is 0. The van der Waals surface area contributed by atoms with Crippen molar-refractivity contribution in [3.8, 4) is 5.75 Å². The Morgan fingerprint density at radius 1 is 1.08 bits per heavy atom. The number of rotatable bonds is 8. The van der Waals surface area contributed by atoms with Gasteiger partial charge < -0.3 is 29.4 Å². The third kappa shape index (κ3) is 5.21. The first-order valence-electron chi connectivity index (χ1n) is 12.8. The highest BCUT2D eigenvalue weighted by Crippen LogP contribution is 2.35. The number of benzene rings is 1. The first kappa shape index (κ1) is 26.7. The van der Waals surface area contributed by atoms with E-state index < -0.39 is 5.54 Å². The molecule has 0 unspecified atom stereocenters. The quantitative estimate of drug-likeness (QED) is 0.519. The Morgan fingerprint density at radius 2 is 1.89 bits per heavy atom. The Balaban J connectivity index is 0.00000156. The summed E-state index contributed by atoms with van der Waals surface area (Å²) in [6.07, 6.45) is 1.64. The van der Waals surface area contributed by atoms with Gasteiger partial charge in [0.2, 0.25) is 5.91 Å². The van der Waals surface area contributed by atoms with Crippen LogP contribution in [0.15, 0.2) is 28.7 Å². The lowest BCUT2D eigenvalue weighted by molar-refractivity contribution is -0.140. The van der Waals surface area contributed by atoms with Crippen LogP contribution in [0.5, 0.6) is 5.75 Å². The number of fused-ring (bicyclic) bond motifs is 2. The Morgan fingerprint density at radius 3 is 2.65 bits per heavy atom. The van der Waals surface area contributed by atoms with Crippen molar-refractivity contribution in [3.63, 3.8) is 0 Å². The number of furan rings is 1. The van der Waals surface area contributed by atoms with Crippen molar-refractivity contribution >= 4 is 17.7 Å². The van der Waals surface area contributed by atoms with Gasteiger partial charge in [-0.2, -0.15) is 0 Å². The predicted molar refractivity (Wildman–Crippen MR) is 136 cm³/mol. The van der Waals surface area contributed by atoms with Gasteiger partial charge in [0.25, 0.3) is 11.8 Å². The Kier molecular flexibility index (Phi) is 8.19. The summed E-state index contributed by atoms with van der Waals surface area (Å²) in [4.78, 5) is 42.9. The first-order chi connectivity index (χ1) is 17.9. The molecule has 5 rings (SSSR count). The van der Waals surface area contributed by atoms with E-state index in [1.54, 1.807) is 31.3 Å². The maximum Gasteiger partial charge on any atom is 0.256 e. The summed E-state index contributed by atoms with van der Waals surface area (Å²) in [5, 5.41) is 5.54. The molecule has 200 valence electrons. The van der Waals surface area contributed by atoms with Crippen molar-refractivity contribution < 1.29 is 28.3 Å². The van der Waals surface area contributed by atoms with Crippen LogP contribution in [0.3, 0.4) is 0 Å². The van der Waals surface area contributed by atoms with Crippen LogP contribution >= 0.6 is 0 Å². The van der Waals surface area contributed by atoms with Crippen LogP contribution in [-0.2, 0) is 39.4 Å². The van der Waals surface area contributed by atoms with Crippen LogP contribution < -0.4 is 15.4 Å². The molecule has 1 saturated heterocycles. The fourth-order valence-electron chi connectivity index (χ4n) is 5.12. The number of nitrogens with one attached hydrogen (secondary N) is 2. The van der Waals surface area contributed by atoms with Gasteiger partial charge >= 0.3 is 0 Å². The van der Waals surface area contributed by atoms with Crippen LogP contribution in [0.1, 0.15) is 53.3 Å². The molecule has 3 amide bonds. The fourth-order valence-corrected chi connectivity index (χ4v) is 5.12. The highest BCUT2D eigenvalue weighted by molar-refractivity contribution is 6.01. The van der Waals surface area contributed by atoms with E-state index in [0.29, 0.717) is 43.2 Å². The van der Waals surface area contributed by atoms with Gasteiger partial charge in [-0.1, -0.05) is 19.9 Å². The van der Waals surface area contributed by atoms with E-state index in [4.69, 9.17) is 13.9 Å². The summed E-state index contributed by atoms with van der Waals surface area (Å²) in [5.74, 6) is 0.828.